The Morgan fingerprint density at radius 3 is 2.68 bits per heavy atom. The fourth-order valence-corrected chi connectivity index (χ4v) is 4.28. The number of hydrogen-bond acceptors (Lipinski definition) is 3. The van der Waals surface area contributed by atoms with Crippen molar-refractivity contribution in [3.8, 4) is 0 Å². The summed E-state index contributed by atoms with van der Waals surface area (Å²) in [6.07, 6.45) is 0. The molecule has 4 nitrogen and oxygen atoms in total. The maximum atomic E-state index is 13.7. The smallest absolute Gasteiger partial charge is 0.266 e. The van der Waals surface area contributed by atoms with E-state index in [1.807, 2.05) is 6.07 Å². The number of carbonyl (C=O) groups excluding carboxylic acids is 2. The van der Waals surface area contributed by atoms with Crippen LogP contribution in [0, 0.1) is 5.82 Å². The molecule has 1 spiro atoms. The van der Waals surface area contributed by atoms with E-state index in [4.69, 9.17) is 0 Å². The van der Waals surface area contributed by atoms with E-state index in [-0.39, 0.29) is 17.6 Å². The van der Waals surface area contributed by atoms with Crippen LogP contribution in [0.4, 0.5) is 15.8 Å². The van der Waals surface area contributed by atoms with Crippen LogP contribution in [-0.4, -0.2) is 17.6 Å². The molecule has 2 heterocycles. The van der Waals surface area contributed by atoms with Gasteiger partial charge in [-0.05, 0) is 30.3 Å². The minimum absolute atomic E-state index is 0.163. The maximum Gasteiger partial charge on any atom is 0.266 e. The van der Waals surface area contributed by atoms with E-state index in [9.17, 15) is 14.0 Å². The molecule has 2 aromatic rings. The van der Waals surface area contributed by atoms with Crippen LogP contribution < -0.4 is 10.2 Å². The molecule has 110 valence electrons. The van der Waals surface area contributed by atoms with Gasteiger partial charge in [0.25, 0.3) is 5.91 Å². The number of rotatable bonds is 1. The van der Waals surface area contributed by atoms with Gasteiger partial charge in [0.15, 0.2) is 0 Å². The van der Waals surface area contributed by atoms with E-state index in [2.05, 4.69) is 5.32 Å². The highest BCUT2D eigenvalue weighted by Crippen LogP contribution is 2.53. The molecule has 1 N–H and O–H groups in total. The monoisotopic (exact) mass is 314 g/mol. The Labute approximate surface area is 130 Å². The summed E-state index contributed by atoms with van der Waals surface area (Å²) in [5.74, 6) is -0.725. The third-order valence-electron chi connectivity index (χ3n) is 3.89. The van der Waals surface area contributed by atoms with Gasteiger partial charge in [-0.25, -0.2) is 4.39 Å². The molecular formula is C16H11FN2O2S. The van der Waals surface area contributed by atoms with Crippen molar-refractivity contribution in [2.75, 3.05) is 16.0 Å². The van der Waals surface area contributed by atoms with Crippen molar-refractivity contribution in [1.29, 1.82) is 0 Å². The number of thioether (sulfide) groups is 1. The van der Waals surface area contributed by atoms with Gasteiger partial charge in [-0.3, -0.25) is 14.5 Å². The SMILES string of the molecule is O=C1CSC2(C(=O)Nc3ccc(F)cc32)N1c1ccccc1. The Morgan fingerprint density at radius 2 is 1.91 bits per heavy atom. The lowest BCUT2D eigenvalue weighted by atomic mass is 10.0. The van der Waals surface area contributed by atoms with Gasteiger partial charge in [0.05, 0.1) is 5.75 Å². The van der Waals surface area contributed by atoms with Crippen LogP contribution in [0.25, 0.3) is 0 Å². The molecule has 1 unspecified atom stereocenters. The van der Waals surface area contributed by atoms with Crippen molar-refractivity contribution < 1.29 is 14.0 Å². The van der Waals surface area contributed by atoms with Gasteiger partial charge in [-0.1, -0.05) is 18.2 Å². The summed E-state index contributed by atoms with van der Waals surface area (Å²) in [4.78, 5) is 25.3. The lowest BCUT2D eigenvalue weighted by Gasteiger charge is -2.32. The Kier molecular flexibility index (Phi) is 2.77. The quantitative estimate of drug-likeness (QED) is 0.880. The number of nitrogens with zero attached hydrogens (tertiary/aromatic N) is 1. The fourth-order valence-electron chi connectivity index (χ4n) is 2.97. The number of para-hydroxylation sites is 1. The summed E-state index contributed by atoms with van der Waals surface area (Å²) < 4.78 is 13.7. The highest BCUT2D eigenvalue weighted by Gasteiger charge is 2.58. The third-order valence-corrected chi connectivity index (χ3v) is 5.28. The van der Waals surface area contributed by atoms with E-state index < -0.39 is 10.7 Å². The molecule has 2 aliphatic heterocycles. The van der Waals surface area contributed by atoms with Gasteiger partial charge < -0.3 is 5.32 Å². The Balaban J connectivity index is 1.95. The van der Waals surface area contributed by atoms with Crippen molar-refractivity contribution >= 4 is 35.0 Å². The first-order valence-corrected chi connectivity index (χ1v) is 7.75. The van der Waals surface area contributed by atoms with Crippen LogP contribution >= 0.6 is 11.8 Å². The predicted molar refractivity (Wildman–Crippen MR) is 83.1 cm³/mol. The summed E-state index contributed by atoms with van der Waals surface area (Å²) in [5.41, 5.74) is 1.68. The summed E-state index contributed by atoms with van der Waals surface area (Å²) in [7, 11) is 0. The molecule has 22 heavy (non-hydrogen) atoms. The Bertz CT molecular complexity index is 796. The Morgan fingerprint density at radius 1 is 1.14 bits per heavy atom. The molecule has 2 amide bonds. The fraction of sp³-hybridized carbons (Fsp3) is 0.125. The van der Waals surface area contributed by atoms with Crippen LogP contribution in [0.3, 0.4) is 0 Å². The van der Waals surface area contributed by atoms with Crippen molar-refractivity contribution in [3.05, 3.63) is 59.9 Å². The van der Waals surface area contributed by atoms with E-state index >= 15 is 0 Å². The van der Waals surface area contributed by atoms with Gasteiger partial charge >= 0.3 is 0 Å². The summed E-state index contributed by atoms with van der Waals surface area (Å²) in [5, 5.41) is 2.76. The highest BCUT2D eigenvalue weighted by molar-refractivity contribution is 8.02. The van der Waals surface area contributed by atoms with Gasteiger partial charge in [-0.2, -0.15) is 0 Å². The maximum absolute atomic E-state index is 13.7. The first kappa shape index (κ1) is 13.3. The topological polar surface area (TPSA) is 49.4 Å². The molecule has 0 radical (unpaired) electrons. The van der Waals surface area contributed by atoms with Crippen molar-refractivity contribution in [1.82, 2.24) is 0 Å². The number of fused-ring (bicyclic) bond motifs is 2. The van der Waals surface area contributed by atoms with Gasteiger partial charge in [0, 0.05) is 16.9 Å². The molecule has 1 saturated heterocycles. The predicted octanol–water partition coefficient (Wildman–Crippen LogP) is 2.71. The lowest BCUT2D eigenvalue weighted by Crippen LogP contribution is -2.47. The average Bonchev–Trinajstić information content (AvgIpc) is 3.00. The second-order valence-electron chi connectivity index (χ2n) is 5.14. The molecular weight excluding hydrogens is 303 g/mol. The standard InChI is InChI=1S/C16H11FN2O2S/c17-10-6-7-13-12(8-10)16(15(21)18-13)19(14(20)9-22-16)11-4-2-1-3-5-11/h1-8H,9H2,(H,18,21). The van der Waals surface area contributed by atoms with Gasteiger partial charge in [0.2, 0.25) is 10.8 Å². The van der Waals surface area contributed by atoms with Crippen molar-refractivity contribution in [2.24, 2.45) is 0 Å². The molecule has 0 bridgehead atoms. The molecule has 0 saturated carbocycles. The van der Waals surface area contributed by atoms with E-state index in [0.717, 1.165) is 0 Å². The second-order valence-corrected chi connectivity index (χ2v) is 6.31. The van der Waals surface area contributed by atoms with Crippen LogP contribution in [-0.2, 0) is 14.5 Å². The normalized spacial score (nSPS) is 23.0. The first-order chi connectivity index (χ1) is 10.6. The van der Waals surface area contributed by atoms with Crippen LogP contribution in [0.1, 0.15) is 5.56 Å². The first-order valence-electron chi connectivity index (χ1n) is 6.76. The summed E-state index contributed by atoms with van der Waals surface area (Å²) in [6.45, 7) is 0. The summed E-state index contributed by atoms with van der Waals surface area (Å²) in [6, 6.07) is 13.2. The molecule has 2 aromatic carbocycles. The molecule has 4 rings (SSSR count). The van der Waals surface area contributed by atoms with E-state index in [1.54, 1.807) is 24.3 Å². The van der Waals surface area contributed by atoms with E-state index in [1.165, 1.54) is 34.9 Å². The number of benzene rings is 2. The minimum atomic E-state index is -1.23. The lowest BCUT2D eigenvalue weighted by molar-refractivity contribution is -0.122. The molecule has 1 atom stereocenters. The molecule has 0 aromatic heterocycles. The average molecular weight is 314 g/mol. The van der Waals surface area contributed by atoms with Crippen molar-refractivity contribution in [3.63, 3.8) is 0 Å². The number of anilines is 2. The van der Waals surface area contributed by atoms with Crippen molar-refractivity contribution in [2.45, 2.75) is 4.87 Å². The zero-order chi connectivity index (χ0) is 15.3. The Hall–Kier alpha value is -2.34. The van der Waals surface area contributed by atoms with Crippen LogP contribution in [0.15, 0.2) is 48.5 Å². The van der Waals surface area contributed by atoms with Crippen LogP contribution in [0.2, 0.25) is 0 Å². The van der Waals surface area contributed by atoms with Gasteiger partial charge in [0.1, 0.15) is 5.82 Å². The molecule has 2 aliphatic rings. The zero-order valence-corrected chi connectivity index (χ0v) is 12.2. The number of hydrogen-bond donors (Lipinski definition) is 1. The molecule has 1 fully saturated rings. The number of nitrogens with one attached hydrogen (secondary N) is 1. The largest absolute Gasteiger partial charge is 0.323 e. The minimum Gasteiger partial charge on any atom is -0.323 e. The zero-order valence-electron chi connectivity index (χ0n) is 11.4. The summed E-state index contributed by atoms with van der Waals surface area (Å²) >= 11 is 1.22. The number of halogens is 1. The van der Waals surface area contributed by atoms with Gasteiger partial charge in [-0.15, -0.1) is 11.8 Å². The molecule has 6 heteroatoms. The van der Waals surface area contributed by atoms with Crippen LogP contribution in [0.5, 0.6) is 0 Å². The molecule has 0 aliphatic carbocycles. The highest BCUT2D eigenvalue weighted by atomic mass is 32.2. The number of amides is 2. The third kappa shape index (κ3) is 1.64. The second kappa shape index (κ2) is 4.58. The van der Waals surface area contributed by atoms with E-state index in [0.29, 0.717) is 16.9 Å². The number of carbonyl (C=O) groups is 2.